The van der Waals surface area contributed by atoms with E-state index in [9.17, 15) is 18.0 Å². The van der Waals surface area contributed by atoms with Gasteiger partial charge in [0, 0.05) is 11.9 Å². The normalized spacial score (nSPS) is 13.0. The monoisotopic (exact) mass is 341 g/mol. The zero-order valence-electron chi connectivity index (χ0n) is 13.2. The van der Waals surface area contributed by atoms with E-state index in [1.807, 2.05) is 6.07 Å². The molecule has 1 aromatic carbocycles. The Hall–Kier alpha value is -2.28. The molecule has 1 amide bonds. The maximum Gasteiger partial charge on any atom is 0.411 e. The maximum atomic E-state index is 12.2. The molecule has 1 heterocycles. The molecule has 24 heavy (non-hydrogen) atoms. The molecule has 0 radical (unpaired) electrons. The van der Waals surface area contributed by atoms with Gasteiger partial charge < -0.3 is 14.1 Å². The van der Waals surface area contributed by atoms with Crippen molar-refractivity contribution in [1.29, 1.82) is 0 Å². The molecule has 0 spiro atoms. The first-order valence-corrected chi connectivity index (χ1v) is 7.34. The van der Waals surface area contributed by atoms with E-state index in [1.165, 1.54) is 4.90 Å². The number of ether oxygens (including phenoxy) is 1. The Balaban J connectivity index is 2.06. The third kappa shape index (κ3) is 4.86. The van der Waals surface area contributed by atoms with Crippen molar-refractivity contribution in [1.82, 2.24) is 4.90 Å². The van der Waals surface area contributed by atoms with Gasteiger partial charge in [-0.1, -0.05) is 12.6 Å². The van der Waals surface area contributed by atoms with Crippen LogP contribution in [-0.4, -0.2) is 36.2 Å². The van der Waals surface area contributed by atoms with Gasteiger partial charge in [0.25, 0.3) is 0 Å². The van der Waals surface area contributed by atoms with Gasteiger partial charge >= 0.3 is 6.18 Å². The van der Waals surface area contributed by atoms with Gasteiger partial charge in [0.1, 0.15) is 12.2 Å². The SMILES string of the molecule is C=CC(=O)N(Cc1ccc2occc2c1)C(C)COCC(F)(F)F. The van der Waals surface area contributed by atoms with Gasteiger partial charge in [0.05, 0.1) is 18.9 Å². The number of furan rings is 1. The topological polar surface area (TPSA) is 42.7 Å². The van der Waals surface area contributed by atoms with Crippen LogP contribution in [0.4, 0.5) is 13.2 Å². The Bertz CT molecular complexity index is 708. The van der Waals surface area contributed by atoms with E-state index in [4.69, 9.17) is 4.42 Å². The summed E-state index contributed by atoms with van der Waals surface area (Å²) in [5, 5.41) is 0.888. The van der Waals surface area contributed by atoms with Crippen LogP contribution in [-0.2, 0) is 16.1 Å². The second-order valence-electron chi connectivity index (χ2n) is 5.44. The molecule has 7 heteroatoms. The number of carbonyl (C=O) groups excluding carboxylic acids is 1. The first-order chi connectivity index (χ1) is 11.3. The number of nitrogens with zero attached hydrogens (tertiary/aromatic N) is 1. The second kappa shape index (κ2) is 7.53. The van der Waals surface area contributed by atoms with E-state index in [1.54, 1.807) is 31.4 Å². The highest BCUT2D eigenvalue weighted by molar-refractivity contribution is 5.87. The largest absolute Gasteiger partial charge is 0.464 e. The predicted molar refractivity (Wildman–Crippen MR) is 83.3 cm³/mol. The lowest BCUT2D eigenvalue weighted by Gasteiger charge is -2.28. The number of fused-ring (bicyclic) bond motifs is 1. The summed E-state index contributed by atoms with van der Waals surface area (Å²) in [5.74, 6) is -0.370. The molecule has 2 aromatic rings. The van der Waals surface area contributed by atoms with E-state index in [0.717, 1.165) is 22.6 Å². The number of benzene rings is 1. The molecule has 0 N–H and O–H groups in total. The first kappa shape index (κ1) is 18.1. The van der Waals surface area contributed by atoms with Crippen molar-refractivity contribution in [2.75, 3.05) is 13.2 Å². The molecule has 0 fully saturated rings. The molecule has 0 aliphatic carbocycles. The fraction of sp³-hybridized carbons (Fsp3) is 0.353. The van der Waals surface area contributed by atoms with Gasteiger partial charge in [-0.2, -0.15) is 13.2 Å². The molecule has 1 unspecified atom stereocenters. The summed E-state index contributed by atoms with van der Waals surface area (Å²) < 4.78 is 46.4. The van der Waals surface area contributed by atoms with Crippen LogP contribution in [0.15, 0.2) is 47.6 Å². The summed E-state index contributed by atoms with van der Waals surface area (Å²) in [6.45, 7) is 3.76. The van der Waals surface area contributed by atoms with Gasteiger partial charge in [-0.3, -0.25) is 4.79 Å². The van der Waals surface area contributed by atoms with Crippen LogP contribution in [0.1, 0.15) is 12.5 Å². The Morgan fingerprint density at radius 2 is 2.17 bits per heavy atom. The van der Waals surface area contributed by atoms with E-state index in [0.29, 0.717) is 0 Å². The molecule has 130 valence electrons. The zero-order chi connectivity index (χ0) is 17.7. The summed E-state index contributed by atoms with van der Waals surface area (Å²) >= 11 is 0. The number of hydrogen-bond donors (Lipinski definition) is 0. The highest BCUT2D eigenvalue weighted by Gasteiger charge is 2.28. The molecule has 0 aliphatic heterocycles. The smallest absolute Gasteiger partial charge is 0.411 e. The zero-order valence-corrected chi connectivity index (χ0v) is 13.2. The third-order valence-electron chi connectivity index (χ3n) is 3.48. The summed E-state index contributed by atoms with van der Waals surface area (Å²) in [4.78, 5) is 13.5. The minimum Gasteiger partial charge on any atom is -0.464 e. The lowest BCUT2D eigenvalue weighted by Crippen LogP contribution is -2.40. The Kier molecular flexibility index (Phi) is 5.66. The number of rotatable bonds is 7. The third-order valence-corrected chi connectivity index (χ3v) is 3.48. The number of alkyl halides is 3. The quantitative estimate of drug-likeness (QED) is 0.717. The second-order valence-corrected chi connectivity index (χ2v) is 5.44. The molecular formula is C17H18F3NO3. The summed E-state index contributed by atoms with van der Waals surface area (Å²) in [7, 11) is 0. The van der Waals surface area contributed by atoms with Crippen LogP contribution in [0.3, 0.4) is 0 Å². The number of hydrogen-bond acceptors (Lipinski definition) is 3. The summed E-state index contributed by atoms with van der Waals surface area (Å²) in [5.41, 5.74) is 1.56. The maximum absolute atomic E-state index is 12.2. The predicted octanol–water partition coefficient (Wildman–Crippen LogP) is 3.91. The van der Waals surface area contributed by atoms with Crippen molar-refractivity contribution in [2.24, 2.45) is 0 Å². The number of halogens is 3. The average molecular weight is 341 g/mol. The average Bonchev–Trinajstić information content (AvgIpc) is 2.98. The minimum absolute atomic E-state index is 0.215. The highest BCUT2D eigenvalue weighted by atomic mass is 19.4. The standard InChI is InChI=1S/C17H18F3NO3/c1-3-16(22)21(12(2)10-23-11-17(18,19)20)9-13-4-5-15-14(8-13)6-7-24-15/h3-8,12H,1,9-11H2,2H3. The van der Waals surface area contributed by atoms with E-state index in [-0.39, 0.29) is 19.1 Å². The fourth-order valence-electron chi connectivity index (χ4n) is 2.31. The van der Waals surface area contributed by atoms with Crippen LogP contribution in [0.5, 0.6) is 0 Å². The number of amides is 1. The van der Waals surface area contributed by atoms with E-state index in [2.05, 4.69) is 11.3 Å². The van der Waals surface area contributed by atoms with Crippen LogP contribution in [0.2, 0.25) is 0 Å². The molecule has 1 atom stereocenters. The molecule has 0 saturated heterocycles. The van der Waals surface area contributed by atoms with Gasteiger partial charge in [0.15, 0.2) is 0 Å². The molecule has 0 bridgehead atoms. The summed E-state index contributed by atoms with van der Waals surface area (Å²) in [6.07, 6.45) is -1.69. The molecule has 0 saturated carbocycles. The van der Waals surface area contributed by atoms with Gasteiger partial charge in [-0.05, 0) is 36.8 Å². The highest BCUT2D eigenvalue weighted by Crippen LogP contribution is 2.20. The lowest BCUT2D eigenvalue weighted by atomic mass is 10.1. The van der Waals surface area contributed by atoms with E-state index >= 15 is 0 Å². The molecule has 0 aliphatic rings. The molecule has 1 aromatic heterocycles. The first-order valence-electron chi connectivity index (χ1n) is 7.34. The minimum atomic E-state index is -4.39. The van der Waals surface area contributed by atoms with Crippen LogP contribution in [0, 0.1) is 0 Å². The Morgan fingerprint density at radius 3 is 2.83 bits per heavy atom. The van der Waals surface area contributed by atoms with Crippen LogP contribution in [0.25, 0.3) is 11.0 Å². The van der Waals surface area contributed by atoms with Crippen molar-refractivity contribution in [3.63, 3.8) is 0 Å². The van der Waals surface area contributed by atoms with Crippen molar-refractivity contribution in [2.45, 2.75) is 25.7 Å². The van der Waals surface area contributed by atoms with Crippen molar-refractivity contribution in [3.8, 4) is 0 Å². The van der Waals surface area contributed by atoms with E-state index < -0.39 is 18.8 Å². The summed E-state index contributed by atoms with van der Waals surface area (Å²) in [6, 6.07) is 6.72. The van der Waals surface area contributed by atoms with Gasteiger partial charge in [-0.15, -0.1) is 0 Å². The van der Waals surface area contributed by atoms with Gasteiger partial charge in [-0.25, -0.2) is 0 Å². The fourth-order valence-corrected chi connectivity index (χ4v) is 2.31. The van der Waals surface area contributed by atoms with Crippen molar-refractivity contribution >= 4 is 16.9 Å². The lowest BCUT2D eigenvalue weighted by molar-refractivity contribution is -0.177. The van der Waals surface area contributed by atoms with Gasteiger partial charge in [0.2, 0.25) is 5.91 Å². The van der Waals surface area contributed by atoms with Crippen LogP contribution >= 0.6 is 0 Å². The van der Waals surface area contributed by atoms with Crippen LogP contribution < -0.4 is 0 Å². The Morgan fingerprint density at radius 1 is 1.42 bits per heavy atom. The van der Waals surface area contributed by atoms with Crippen molar-refractivity contribution in [3.05, 3.63) is 48.7 Å². The Labute approximate surface area is 137 Å². The molecule has 4 nitrogen and oxygen atoms in total. The number of carbonyl (C=O) groups is 1. The molecule has 2 rings (SSSR count). The molecular weight excluding hydrogens is 323 g/mol. The van der Waals surface area contributed by atoms with Crippen molar-refractivity contribution < 1.29 is 27.1 Å².